The van der Waals surface area contributed by atoms with Crippen LogP contribution in [0.5, 0.6) is 5.75 Å². The maximum absolute atomic E-state index is 13.6. The molecule has 3 aliphatic rings. The van der Waals surface area contributed by atoms with Crippen LogP contribution in [0.2, 0.25) is 10.2 Å². The van der Waals surface area contributed by atoms with Gasteiger partial charge in [-0.2, -0.15) is 0 Å². The summed E-state index contributed by atoms with van der Waals surface area (Å²) in [4.78, 5) is 38.2. The Balaban J connectivity index is 1.17. The molecule has 0 spiro atoms. The number of nitrogens with zero attached hydrogens (tertiary/aromatic N) is 6. The van der Waals surface area contributed by atoms with Crippen molar-refractivity contribution in [3.63, 3.8) is 0 Å². The maximum Gasteiger partial charge on any atom is 0.262 e. The van der Waals surface area contributed by atoms with E-state index in [-0.39, 0.29) is 41.1 Å². The predicted molar refractivity (Wildman–Crippen MR) is 146 cm³/mol. The summed E-state index contributed by atoms with van der Waals surface area (Å²) in [5.41, 5.74) is 3.95. The number of rotatable bonds is 4. The molecule has 2 aliphatic heterocycles. The van der Waals surface area contributed by atoms with Gasteiger partial charge in [-0.15, -0.1) is 5.10 Å². The third-order valence-corrected chi connectivity index (χ3v) is 7.99. The van der Waals surface area contributed by atoms with Crippen molar-refractivity contribution in [1.29, 1.82) is 0 Å². The van der Waals surface area contributed by atoms with Gasteiger partial charge in [-0.25, -0.2) is 14.6 Å². The number of carbonyl (C=O) groups is 1. The van der Waals surface area contributed by atoms with E-state index in [0.717, 1.165) is 23.5 Å². The van der Waals surface area contributed by atoms with Crippen LogP contribution in [0.4, 0.5) is 5.69 Å². The first-order valence-corrected chi connectivity index (χ1v) is 13.3. The second-order valence-corrected chi connectivity index (χ2v) is 10.9. The number of ether oxygens (including phenoxy) is 1. The van der Waals surface area contributed by atoms with Crippen molar-refractivity contribution in [2.45, 2.75) is 18.4 Å². The lowest BCUT2D eigenvalue weighted by molar-refractivity contribution is -0.118. The second kappa shape index (κ2) is 8.51. The summed E-state index contributed by atoms with van der Waals surface area (Å²) in [6.07, 6.45) is 4.29. The van der Waals surface area contributed by atoms with Crippen LogP contribution in [-0.4, -0.2) is 47.0 Å². The van der Waals surface area contributed by atoms with Gasteiger partial charge < -0.3 is 15.0 Å². The molecule has 3 atom stereocenters. The number of amides is 1. The number of nitrogens with one attached hydrogen (secondary N) is 2. The van der Waals surface area contributed by atoms with Crippen LogP contribution in [0, 0.1) is 5.92 Å². The molecule has 2 aromatic carbocycles. The zero-order valence-electron chi connectivity index (χ0n) is 20.5. The first-order chi connectivity index (χ1) is 19.4. The number of hydrogen-bond acceptors (Lipinski definition) is 7. The van der Waals surface area contributed by atoms with E-state index < -0.39 is 0 Å². The third kappa shape index (κ3) is 3.65. The van der Waals surface area contributed by atoms with E-state index in [4.69, 9.17) is 32.9 Å². The maximum atomic E-state index is 13.6. The Labute approximate surface area is 235 Å². The highest BCUT2D eigenvalue weighted by Gasteiger charge is 2.55. The van der Waals surface area contributed by atoms with Gasteiger partial charge in [0.1, 0.15) is 17.4 Å². The molecule has 0 bridgehead atoms. The normalized spacial score (nSPS) is 20.4. The molecule has 1 saturated carbocycles. The number of aromatic nitrogens is 7. The van der Waals surface area contributed by atoms with E-state index in [1.54, 1.807) is 41.2 Å². The fourth-order valence-corrected chi connectivity index (χ4v) is 6.04. The van der Waals surface area contributed by atoms with Crippen LogP contribution >= 0.6 is 23.2 Å². The molecular formula is C27H18Cl2N8O3. The van der Waals surface area contributed by atoms with E-state index in [1.165, 1.54) is 10.7 Å². The van der Waals surface area contributed by atoms with E-state index in [1.807, 2.05) is 12.1 Å². The molecule has 5 aromatic rings. The van der Waals surface area contributed by atoms with Crippen molar-refractivity contribution in [2.75, 3.05) is 11.9 Å². The van der Waals surface area contributed by atoms with E-state index in [9.17, 15) is 9.59 Å². The molecule has 2 N–H and O–H groups in total. The number of hydrogen-bond donors (Lipinski definition) is 2. The van der Waals surface area contributed by atoms with Crippen LogP contribution in [-0.2, 0) is 4.79 Å². The molecule has 3 unspecified atom stereocenters. The lowest BCUT2D eigenvalue weighted by Crippen LogP contribution is -2.27. The molecule has 0 saturated heterocycles. The zero-order valence-corrected chi connectivity index (χ0v) is 22.0. The quantitative estimate of drug-likeness (QED) is 0.329. The van der Waals surface area contributed by atoms with Crippen LogP contribution < -0.4 is 15.6 Å². The Morgan fingerprint density at radius 2 is 1.98 bits per heavy atom. The van der Waals surface area contributed by atoms with Gasteiger partial charge in [0.15, 0.2) is 11.8 Å². The number of H-pyrrole nitrogens is 1. The largest absolute Gasteiger partial charge is 0.482 e. The van der Waals surface area contributed by atoms with Gasteiger partial charge >= 0.3 is 0 Å². The molecule has 11 nitrogen and oxygen atoms in total. The standard InChI is InChI=1S/C27H18Cl2N8O3/c28-13-2-4-20(36-10-22(29)34-35-36)16(6-13)18-8-24(39)37-25(14-7-15(14)27(37)33-18)19-9-30-26(32-19)12-1-3-17-21(5-12)40-11-23(38)31-17/h1-6,8-10,14-15,25H,7,11H2,(H,30,32)(H,31,38). The molecule has 1 aliphatic carbocycles. The number of benzene rings is 2. The number of anilines is 1. The number of fused-ring (bicyclic) bond motifs is 4. The molecule has 198 valence electrons. The lowest BCUT2D eigenvalue weighted by atomic mass is 10.1. The topological polar surface area (TPSA) is 133 Å². The van der Waals surface area contributed by atoms with Gasteiger partial charge in [-0.3, -0.25) is 14.2 Å². The monoisotopic (exact) mass is 572 g/mol. The van der Waals surface area contributed by atoms with Crippen LogP contribution in [0.3, 0.4) is 0 Å². The average molecular weight is 573 g/mol. The second-order valence-electron chi connectivity index (χ2n) is 10.0. The summed E-state index contributed by atoms with van der Waals surface area (Å²) in [5, 5.41) is 11.5. The molecule has 8 rings (SSSR count). The van der Waals surface area contributed by atoms with Gasteiger partial charge in [0, 0.05) is 28.1 Å². The summed E-state index contributed by atoms with van der Waals surface area (Å²) in [6, 6.07) is 12.1. The lowest BCUT2D eigenvalue weighted by Gasteiger charge is -2.18. The Bertz CT molecular complexity index is 1930. The molecule has 5 heterocycles. The Kier molecular flexibility index (Phi) is 4.98. The first kappa shape index (κ1) is 23.4. The van der Waals surface area contributed by atoms with Crippen molar-refractivity contribution in [2.24, 2.45) is 5.92 Å². The average Bonchev–Trinajstić information content (AvgIpc) is 3.23. The predicted octanol–water partition coefficient (Wildman–Crippen LogP) is 4.23. The highest BCUT2D eigenvalue weighted by Crippen LogP contribution is 2.60. The summed E-state index contributed by atoms with van der Waals surface area (Å²) in [5.74, 6) is 2.22. The molecule has 1 fully saturated rings. The Hall–Kier alpha value is -4.48. The van der Waals surface area contributed by atoms with Crippen LogP contribution in [0.25, 0.3) is 28.3 Å². The van der Waals surface area contributed by atoms with Crippen molar-refractivity contribution >= 4 is 34.8 Å². The van der Waals surface area contributed by atoms with Crippen LogP contribution in [0.1, 0.15) is 29.9 Å². The van der Waals surface area contributed by atoms with Crippen molar-refractivity contribution < 1.29 is 9.53 Å². The molecular weight excluding hydrogens is 555 g/mol. The van der Waals surface area contributed by atoms with E-state index in [2.05, 4.69) is 25.6 Å². The molecule has 1 amide bonds. The SMILES string of the molecule is O=C1COc2cc(-c3ncc(C4C5CC5c5nc(-c6cc(Cl)ccc6-n6cc(Cl)nn6)cc(=O)n54)[nH]3)ccc2N1. The smallest absolute Gasteiger partial charge is 0.262 e. The fraction of sp³-hybridized carbons (Fsp3) is 0.185. The number of halogens is 2. The van der Waals surface area contributed by atoms with Gasteiger partial charge in [0.2, 0.25) is 0 Å². The minimum Gasteiger partial charge on any atom is -0.482 e. The Morgan fingerprint density at radius 1 is 1.07 bits per heavy atom. The minimum atomic E-state index is -0.198. The fourth-order valence-electron chi connectivity index (χ4n) is 5.74. The minimum absolute atomic E-state index is 0.0249. The molecule has 40 heavy (non-hydrogen) atoms. The summed E-state index contributed by atoms with van der Waals surface area (Å²) in [7, 11) is 0. The van der Waals surface area contributed by atoms with E-state index >= 15 is 0 Å². The molecule has 3 aromatic heterocycles. The summed E-state index contributed by atoms with van der Waals surface area (Å²) >= 11 is 12.3. The third-order valence-electron chi connectivity index (χ3n) is 7.58. The van der Waals surface area contributed by atoms with Crippen molar-refractivity contribution in [3.8, 4) is 34.1 Å². The number of carbonyl (C=O) groups excluding carboxylic acids is 1. The highest BCUT2D eigenvalue weighted by atomic mass is 35.5. The Morgan fingerprint density at radius 3 is 2.83 bits per heavy atom. The number of imidazole rings is 1. The van der Waals surface area contributed by atoms with Crippen molar-refractivity contribution in [3.05, 3.63) is 86.9 Å². The van der Waals surface area contributed by atoms with Crippen molar-refractivity contribution in [1.82, 2.24) is 34.5 Å². The summed E-state index contributed by atoms with van der Waals surface area (Å²) < 4.78 is 8.85. The first-order valence-electron chi connectivity index (χ1n) is 12.6. The van der Waals surface area contributed by atoms with Crippen LogP contribution in [0.15, 0.2) is 59.7 Å². The zero-order chi connectivity index (χ0) is 27.1. The van der Waals surface area contributed by atoms with Gasteiger partial charge in [0.05, 0.1) is 41.2 Å². The van der Waals surface area contributed by atoms with E-state index in [0.29, 0.717) is 39.2 Å². The summed E-state index contributed by atoms with van der Waals surface area (Å²) in [6.45, 7) is -0.0249. The van der Waals surface area contributed by atoms with Gasteiger partial charge in [-0.05, 0) is 48.7 Å². The molecule has 0 radical (unpaired) electrons. The van der Waals surface area contributed by atoms with Gasteiger partial charge in [-0.1, -0.05) is 28.4 Å². The van der Waals surface area contributed by atoms with Gasteiger partial charge in [0.25, 0.3) is 11.5 Å². The number of aromatic amines is 1. The highest BCUT2D eigenvalue weighted by molar-refractivity contribution is 6.31. The molecule has 13 heteroatoms.